The van der Waals surface area contributed by atoms with Crippen molar-refractivity contribution >= 4 is 5.97 Å². The molecule has 29 heavy (non-hydrogen) atoms. The van der Waals surface area contributed by atoms with E-state index in [0.29, 0.717) is 12.6 Å². The number of hydrogen-bond donors (Lipinski definition) is 1. The number of carboxylic acids is 1. The van der Waals surface area contributed by atoms with Gasteiger partial charge in [0.2, 0.25) is 0 Å². The first-order valence-corrected chi connectivity index (χ1v) is 9.44. The third-order valence-corrected chi connectivity index (χ3v) is 4.98. The van der Waals surface area contributed by atoms with Crippen LogP contribution in [0.2, 0.25) is 0 Å². The average Bonchev–Trinajstić information content (AvgIpc) is 3.16. The minimum Gasteiger partial charge on any atom is -0.475 e. The van der Waals surface area contributed by atoms with Gasteiger partial charge in [0.1, 0.15) is 11.6 Å². The highest BCUT2D eigenvalue weighted by Crippen LogP contribution is 2.30. The summed E-state index contributed by atoms with van der Waals surface area (Å²) in [6.45, 7) is 6.64. The van der Waals surface area contributed by atoms with Gasteiger partial charge in [0.25, 0.3) is 0 Å². The molecule has 0 amide bonds. The number of ether oxygens (including phenoxy) is 1. The van der Waals surface area contributed by atoms with Crippen LogP contribution in [0.3, 0.4) is 0 Å². The fraction of sp³-hybridized carbons (Fsp3) is 0.579. The second-order valence-electron chi connectivity index (χ2n) is 7.25. The molecule has 2 aromatic rings. The highest BCUT2D eigenvalue weighted by Gasteiger charge is 2.38. The Bertz CT molecular complexity index is 800. The normalized spacial score (nSPS) is 19.4. The fourth-order valence-corrected chi connectivity index (χ4v) is 3.15. The summed E-state index contributed by atoms with van der Waals surface area (Å²) in [6, 6.07) is 4.28. The summed E-state index contributed by atoms with van der Waals surface area (Å²) >= 11 is 0. The second kappa shape index (κ2) is 9.00. The number of nitrogens with zero attached hydrogens (tertiary/aromatic N) is 3. The Balaban J connectivity index is 0.000000298. The smallest absolute Gasteiger partial charge is 0.475 e. The number of carbonyl (C=O) groups is 1. The molecule has 160 valence electrons. The number of aliphatic carboxylic acids is 1. The lowest BCUT2D eigenvalue weighted by atomic mass is 10.2. The number of fused-ring (bicyclic) bond motifs is 1. The molecule has 1 aliphatic carbocycles. The third kappa shape index (κ3) is 5.83. The number of alkyl halides is 3. The van der Waals surface area contributed by atoms with Gasteiger partial charge in [0.15, 0.2) is 0 Å². The predicted octanol–water partition coefficient (Wildman–Crippen LogP) is 3.61. The molecule has 1 fully saturated rings. The quantitative estimate of drug-likeness (QED) is 0.776. The SMILES string of the molecule is CC1c2ncc(COCC3CC3)n2CCN1Cc1ccco1.O=C(O)C(F)(F)F. The molecule has 0 aromatic carbocycles. The van der Waals surface area contributed by atoms with Crippen LogP contribution >= 0.6 is 0 Å². The van der Waals surface area contributed by atoms with E-state index in [0.717, 1.165) is 43.7 Å². The summed E-state index contributed by atoms with van der Waals surface area (Å²) in [4.78, 5) is 15.9. The monoisotopic (exact) mass is 415 g/mol. The minimum absolute atomic E-state index is 0.302. The molecule has 2 aromatic heterocycles. The van der Waals surface area contributed by atoms with Crippen molar-refractivity contribution in [2.45, 2.75) is 51.7 Å². The highest BCUT2D eigenvalue weighted by molar-refractivity contribution is 5.73. The zero-order valence-electron chi connectivity index (χ0n) is 16.1. The van der Waals surface area contributed by atoms with Gasteiger partial charge in [-0.25, -0.2) is 9.78 Å². The molecule has 7 nitrogen and oxygen atoms in total. The van der Waals surface area contributed by atoms with Crippen molar-refractivity contribution in [3.63, 3.8) is 0 Å². The summed E-state index contributed by atoms with van der Waals surface area (Å²) in [5.74, 6) is 0.210. The maximum absolute atomic E-state index is 10.6. The maximum atomic E-state index is 10.6. The van der Waals surface area contributed by atoms with E-state index in [9.17, 15) is 13.2 Å². The van der Waals surface area contributed by atoms with E-state index in [1.54, 1.807) is 6.26 Å². The number of hydrogen-bond acceptors (Lipinski definition) is 5. The average molecular weight is 415 g/mol. The van der Waals surface area contributed by atoms with Crippen LogP contribution in [-0.2, 0) is 29.2 Å². The second-order valence-corrected chi connectivity index (χ2v) is 7.25. The molecular formula is C19H24F3N3O4. The van der Waals surface area contributed by atoms with Crippen LogP contribution in [0, 0.1) is 5.92 Å². The van der Waals surface area contributed by atoms with Crippen LogP contribution in [0.5, 0.6) is 0 Å². The molecule has 1 atom stereocenters. The van der Waals surface area contributed by atoms with Gasteiger partial charge in [-0.1, -0.05) is 0 Å². The molecule has 0 radical (unpaired) electrons. The van der Waals surface area contributed by atoms with E-state index < -0.39 is 12.1 Å². The van der Waals surface area contributed by atoms with Gasteiger partial charge in [-0.2, -0.15) is 13.2 Å². The van der Waals surface area contributed by atoms with Crippen LogP contribution in [-0.4, -0.2) is 44.9 Å². The van der Waals surface area contributed by atoms with Gasteiger partial charge in [0, 0.05) is 19.7 Å². The Morgan fingerprint density at radius 3 is 2.69 bits per heavy atom. The van der Waals surface area contributed by atoms with Gasteiger partial charge in [-0.15, -0.1) is 0 Å². The Labute approximate surface area is 166 Å². The largest absolute Gasteiger partial charge is 0.490 e. The summed E-state index contributed by atoms with van der Waals surface area (Å²) < 4.78 is 45.4. The molecule has 0 saturated heterocycles. The molecule has 0 bridgehead atoms. The zero-order valence-corrected chi connectivity index (χ0v) is 16.1. The molecule has 4 rings (SSSR count). The lowest BCUT2D eigenvalue weighted by Gasteiger charge is -2.33. The number of imidazole rings is 1. The van der Waals surface area contributed by atoms with Crippen molar-refractivity contribution in [3.05, 3.63) is 41.9 Å². The van der Waals surface area contributed by atoms with Gasteiger partial charge in [0.05, 0.1) is 37.3 Å². The van der Waals surface area contributed by atoms with Crippen LogP contribution in [0.15, 0.2) is 29.0 Å². The van der Waals surface area contributed by atoms with Gasteiger partial charge in [-0.05, 0) is 37.8 Å². The first kappa shape index (κ1) is 21.4. The van der Waals surface area contributed by atoms with E-state index in [1.165, 1.54) is 18.5 Å². The summed E-state index contributed by atoms with van der Waals surface area (Å²) in [6.07, 6.45) is 1.31. The molecule has 0 spiro atoms. The van der Waals surface area contributed by atoms with Crippen molar-refractivity contribution in [1.82, 2.24) is 14.5 Å². The molecular weight excluding hydrogens is 391 g/mol. The Morgan fingerprint density at radius 1 is 1.38 bits per heavy atom. The number of furan rings is 1. The summed E-state index contributed by atoms with van der Waals surface area (Å²) in [5, 5.41) is 7.12. The van der Waals surface area contributed by atoms with Crippen LogP contribution in [0.4, 0.5) is 13.2 Å². The van der Waals surface area contributed by atoms with Crippen molar-refractivity contribution in [2.24, 2.45) is 5.92 Å². The molecule has 1 aliphatic heterocycles. The van der Waals surface area contributed by atoms with Crippen molar-refractivity contribution in [1.29, 1.82) is 0 Å². The van der Waals surface area contributed by atoms with Gasteiger partial charge >= 0.3 is 12.1 Å². The van der Waals surface area contributed by atoms with Gasteiger partial charge in [-0.3, -0.25) is 4.90 Å². The van der Waals surface area contributed by atoms with Crippen LogP contribution < -0.4 is 0 Å². The first-order valence-electron chi connectivity index (χ1n) is 9.44. The van der Waals surface area contributed by atoms with Crippen molar-refractivity contribution in [3.8, 4) is 0 Å². The standard InChI is InChI=1S/C17H23N3O2.C2HF3O2/c1-13-17-18-9-15(12-21-11-14-4-5-14)20(17)7-6-19(13)10-16-3-2-8-22-16;3-2(4,5)1(6)7/h2-3,8-9,13-14H,4-7,10-12H2,1H3;(H,6,7). The summed E-state index contributed by atoms with van der Waals surface area (Å²) in [7, 11) is 0. The van der Waals surface area contributed by atoms with Crippen LogP contribution in [0.25, 0.3) is 0 Å². The lowest BCUT2D eigenvalue weighted by Crippen LogP contribution is -2.37. The maximum Gasteiger partial charge on any atom is 0.490 e. The third-order valence-electron chi connectivity index (χ3n) is 4.98. The Kier molecular flexibility index (Phi) is 6.63. The molecule has 1 saturated carbocycles. The highest BCUT2D eigenvalue weighted by atomic mass is 19.4. The number of carboxylic acid groups (broad SMARTS) is 1. The lowest BCUT2D eigenvalue weighted by molar-refractivity contribution is -0.192. The van der Waals surface area contributed by atoms with Crippen molar-refractivity contribution in [2.75, 3.05) is 13.2 Å². The predicted molar refractivity (Wildman–Crippen MR) is 95.8 cm³/mol. The number of aromatic nitrogens is 2. The molecule has 10 heteroatoms. The van der Waals surface area contributed by atoms with E-state index in [4.69, 9.17) is 19.1 Å². The molecule has 1 unspecified atom stereocenters. The summed E-state index contributed by atoms with van der Waals surface area (Å²) in [5.41, 5.74) is 1.21. The zero-order chi connectivity index (χ0) is 21.0. The Hall–Kier alpha value is -2.33. The van der Waals surface area contributed by atoms with E-state index in [2.05, 4.69) is 21.4 Å². The van der Waals surface area contributed by atoms with E-state index >= 15 is 0 Å². The van der Waals surface area contributed by atoms with E-state index in [-0.39, 0.29) is 0 Å². The van der Waals surface area contributed by atoms with E-state index in [1.807, 2.05) is 18.3 Å². The first-order chi connectivity index (χ1) is 13.8. The van der Waals surface area contributed by atoms with Gasteiger partial charge < -0.3 is 18.8 Å². The number of rotatable bonds is 6. The van der Waals surface area contributed by atoms with Crippen molar-refractivity contribution < 1.29 is 32.2 Å². The van der Waals surface area contributed by atoms with Crippen LogP contribution in [0.1, 0.15) is 43.1 Å². The molecule has 2 aliphatic rings. The molecule has 3 heterocycles. The topological polar surface area (TPSA) is 80.7 Å². The fourth-order valence-electron chi connectivity index (χ4n) is 3.15. The minimum atomic E-state index is -5.08. The number of halogens is 3. The Morgan fingerprint density at radius 2 is 2.10 bits per heavy atom. The molecule has 1 N–H and O–H groups in total.